The van der Waals surface area contributed by atoms with Crippen LogP contribution in [-0.2, 0) is 0 Å². The predicted octanol–water partition coefficient (Wildman–Crippen LogP) is 5.84. The van der Waals surface area contributed by atoms with Crippen molar-refractivity contribution in [1.82, 2.24) is 5.32 Å². The van der Waals surface area contributed by atoms with E-state index < -0.39 is 0 Å². The fraction of sp³-hybridized carbons (Fsp3) is 0.259. The molecule has 3 rings (SSSR count). The summed E-state index contributed by atoms with van der Waals surface area (Å²) in [6.07, 6.45) is 3.15. The molecular formula is C27H30N2O4S. The first-order valence-electron chi connectivity index (χ1n) is 11.4. The van der Waals surface area contributed by atoms with Crippen molar-refractivity contribution in [2.45, 2.75) is 26.2 Å². The smallest absolute Gasteiger partial charge is 0.261 e. The molecule has 0 heterocycles. The average molecular weight is 479 g/mol. The van der Waals surface area contributed by atoms with Crippen molar-refractivity contribution in [1.29, 1.82) is 0 Å². The molecule has 0 aliphatic rings. The molecule has 6 nitrogen and oxygen atoms in total. The molecule has 178 valence electrons. The monoisotopic (exact) mass is 478 g/mol. The molecule has 7 heteroatoms. The number of hydrogen-bond acceptors (Lipinski definition) is 5. The molecule has 0 radical (unpaired) electrons. The zero-order valence-electron chi connectivity index (χ0n) is 19.3. The Morgan fingerprint density at radius 2 is 1.41 bits per heavy atom. The first-order valence-corrected chi connectivity index (χ1v) is 11.8. The lowest BCUT2D eigenvalue weighted by atomic mass is 10.2. The standard InChI is InChI=1S/C27H30N2O4S/c1-2-3-9-18-33-25-13-8-7-12-24(25)26(30)29-27(34)28-21-14-16-23(17-15-21)32-20-19-31-22-10-5-4-6-11-22/h4-8,10-17H,2-3,9,18-20H2,1H3,(H2,28,29,30,34). The van der Waals surface area contributed by atoms with Gasteiger partial charge in [-0.2, -0.15) is 0 Å². The predicted molar refractivity (Wildman–Crippen MR) is 139 cm³/mol. The second-order valence-corrected chi connectivity index (χ2v) is 7.90. The van der Waals surface area contributed by atoms with Gasteiger partial charge in [0.2, 0.25) is 0 Å². The number of benzene rings is 3. The minimum absolute atomic E-state index is 0.204. The molecule has 1 amide bonds. The molecular weight excluding hydrogens is 448 g/mol. The second-order valence-electron chi connectivity index (χ2n) is 7.49. The number of para-hydroxylation sites is 2. The molecule has 3 aromatic rings. The molecule has 0 saturated carbocycles. The molecule has 0 fully saturated rings. The van der Waals surface area contributed by atoms with Gasteiger partial charge in [-0.25, -0.2) is 0 Å². The van der Waals surface area contributed by atoms with Gasteiger partial charge in [-0.05, 0) is 67.2 Å². The normalized spacial score (nSPS) is 10.3. The topological polar surface area (TPSA) is 68.8 Å². The van der Waals surface area contributed by atoms with Gasteiger partial charge >= 0.3 is 0 Å². The van der Waals surface area contributed by atoms with E-state index in [1.165, 1.54) is 0 Å². The molecule has 0 spiro atoms. The van der Waals surface area contributed by atoms with Crippen molar-refractivity contribution in [2.24, 2.45) is 0 Å². The van der Waals surface area contributed by atoms with Crippen LogP contribution in [-0.4, -0.2) is 30.8 Å². The lowest BCUT2D eigenvalue weighted by Gasteiger charge is -2.13. The Morgan fingerprint density at radius 3 is 2.12 bits per heavy atom. The number of carbonyl (C=O) groups excluding carboxylic acids is 1. The maximum Gasteiger partial charge on any atom is 0.261 e. The van der Waals surface area contributed by atoms with Crippen LogP contribution in [0.2, 0.25) is 0 Å². The Hall–Kier alpha value is -3.58. The third kappa shape index (κ3) is 8.41. The van der Waals surface area contributed by atoms with E-state index in [1.54, 1.807) is 18.2 Å². The van der Waals surface area contributed by atoms with Crippen molar-refractivity contribution in [3.05, 3.63) is 84.4 Å². The SMILES string of the molecule is CCCCCOc1ccccc1C(=O)NC(=S)Nc1ccc(OCCOc2ccccc2)cc1. The molecule has 0 saturated heterocycles. The summed E-state index contributed by atoms with van der Waals surface area (Å²) in [6.45, 7) is 3.59. The molecule has 0 bridgehead atoms. The summed E-state index contributed by atoms with van der Waals surface area (Å²) in [7, 11) is 0. The molecule has 0 aliphatic carbocycles. The van der Waals surface area contributed by atoms with E-state index in [9.17, 15) is 4.79 Å². The fourth-order valence-electron chi connectivity index (χ4n) is 3.12. The minimum atomic E-state index is -0.318. The maximum atomic E-state index is 12.7. The zero-order valence-corrected chi connectivity index (χ0v) is 20.1. The van der Waals surface area contributed by atoms with Crippen molar-refractivity contribution in [3.63, 3.8) is 0 Å². The van der Waals surface area contributed by atoms with Crippen molar-refractivity contribution < 1.29 is 19.0 Å². The third-order valence-corrected chi connectivity index (χ3v) is 5.04. The molecule has 3 aromatic carbocycles. The van der Waals surface area contributed by atoms with Crippen LogP contribution in [0.3, 0.4) is 0 Å². The molecule has 0 aliphatic heterocycles. The zero-order chi connectivity index (χ0) is 24.0. The molecule has 0 atom stereocenters. The minimum Gasteiger partial charge on any atom is -0.493 e. The van der Waals surface area contributed by atoms with Gasteiger partial charge in [0.25, 0.3) is 5.91 Å². The summed E-state index contributed by atoms with van der Waals surface area (Å²) in [4.78, 5) is 12.7. The van der Waals surface area contributed by atoms with E-state index in [0.29, 0.717) is 36.9 Å². The lowest BCUT2D eigenvalue weighted by molar-refractivity contribution is 0.0973. The van der Waals surface area contributed by atoms with E-state index in [2.05, 4.69) is 17.6 Å². The van der Waals surface area contributed by atoms with Gasteiger partial charge in [-0.15, -0.1) is 0 Å². The van der Waals surface area contributed by atoms with Crippen LogP contribution in [0, 0.1) is 0 Å². The summed E-state index contributed by atoms with van der Waals surface area (Å²) in [6, 6.07) is 24.1. The van der Waals surface area contributed by atoms with Gasteiger partial charge in [0, 0.05) is 5.69 Å². The highest BCUT2D eigenvalue weighted by molar-refractivity contribution is 7.80. The molecule has 0 unspecified atom stereocenters. The number of ether oxygens (including phenoxy) is 3. The van der Waals surface area contributed by atoms with E-state index in [-0.39, 0.29) is 11.0 Å². The van der Waals surface area contributed by atoms with E-state index in [4.69, 9.17) is 26.4 Å². The first-order chi connectivity index (χ1) is 16.7. The number of anilines is 1. The summed E-state index contributed by atoms with van der Waals surface area (Å²) < 4.78 is 17.1. The van der Waals surface area contributed by atoms with Crippen LogP contribution in [0.4, 0.5) is 5.69 Å². The summed E-state index contributed by atoms with van der Waals surface area (Å²) in [5, 5.41) is 5.93. The fourth-order valence-corrected chi connectivity index (χ4v) is 3.33. The van der Waals surface area contributed by atoms with E-state index in [0.717, 1.165) is 30.7 Å². The quantitative estimate of drug-likeness (QED) is 0.252. The number of hydrogen-bond donors (Lipinski definition) is 2. The van der Waals surface area contributed by atoms with Crippen LogP contribution < -0.4 is 24.8 Å². The Balaban J connectivity index is 1.43. The number of nitrogens with one attached hydrogen (secondary N) is 2. The second kappa shape index (κ2) is 13.9. The highest BCUT2D eigenvalue weighted by Gasteiger charge is 2.13. The number of rotatable bonds is 12. The van der Waals surface area contributed by atoms with Gasteiger partial charge in [0.1, 0.15) is 30.5 Å². The maximum absolute atomic E-state index is 12.7. The third-order valence-electron chi connectivity index (χ3n) is 4.84. The number of amides is 1. The highest BCUT2D eigenvalue weighted by Crippen LogP contribution is 2.19. The van der Waals surface area contributed by atoms with Crippen molar-refractivity contribution in [2.75, 3.05) is 25.1 Å². The summed E-state index contributed by atoms with van der Waals surface area (Å²) in [5.41, 5.74) is 1.19. The van der Waals surface area contributed by atoms with Crippen LogP contribution in [0.25, 0.3) is 0 Å². The Bertz CT molecular complexity index is 1040. The number of carbonyl (C=O) groups is 1. The lowest BCUT2D eigenvalue weighted by Crippen LogP contribution is -2.34. The highest BCUT2D eigenvalue weighted by atomic mass is 32.1. The van der Waals surface area contributed by atoms with Crippen molar-refractivity contribution >= 4 is 28.9 Å². The van der Waals surface area contributed by atoms with Gasteiger partial charge < -0.3 is 19.5 Å². The number of thiocarbonyl (C=S) groups is 1. The molecule has 0 aromatic heterocycles. The van der Waals surface area contributed by atoms with Crippen molar-refractivity contribution in [3.8, 4) is 17.2 Å². The van der Waals surface area contributed by atoms with Gasteiger partial charge in [0.15, 0.2) is 5.11 Å². The van der Waals surface area contributed by atoms with Crippen LogP contribution >= 0.6 is 12.2 Å². The largest absolute Gasteiger partial charge is 0.493 e. The molecule has 34 heavy (non-hydrogen) atoms. The summed E-state index contributed by atoms with van der Waals surface area (Å²) >= 11 is 5.31. The Kier molecular flexibility index (Phi) is 10.2. The Labute approximate surface area is 206 Å². The molecule has 2 N–H and O–H groups in total. The van der Waals surface area contributed by atoms with Crippen LogP contribution in [0.1, 0.15) is 36.5 Å². The van der Waals surface area contributed by atoms with Gasteiger partial charge in [-0.1, -0.05) is 50.1 Å². The first kappa shape index (κ1) is 25.1. The van der Waals surface area contributed by atoms with Gasteiger partial charge in [-0.3, -0.25) is 10.1 Å². The van der Waals surface area contributed by atoms with E-state index >= 15 is 0 Å². The summed E-state index contributed by atoms with van der Waals surface area (Å²) in [5.74, 6) is 1.76. The average Bonchev–Trinajstić information content (AvgIpc) is 2.86. The van der Waals surface area contributed by atoms with Crippen LogP contribution in [0.15, 0.2) is 78.9 Å². The number of unbranched alkanes of at least 4 members (excludes halogenated alkanes) is 2. The van der Waals surface area contributed by atoms with E-state index in [1.807, 2.05) is 60.7 Å². The van der Waals surface area contributed by atoms with Crippen LogP contribution in [0.5, 0.6) is 17.2 Å². The Morgan fingerprint density at radius 1 is 0.765 bits per heavy atom. The van der Waals surface area contributed by atoms with Gasteiger partial charge in [0.05, 0.1) is 12.2 Å².